The first-order valence-corrected chi connectivity index (χ1v) is 12.9. The maximum absolute atomic E-state index is 2.72. The molecule has 0 aliphatic heterocycles. The Hall–Kier alpha value is -2.34. The SMILES string of the molecule is CCCC12c3ccccc3C3(CCC)c4ccccc4C(CCC)(c4ccccc41)C23C. The highest BCUT2D eigenvalue weighted by atomic mass is 14.8. The lowest BCUT2D eigenvalue weighted by Crippen LogP contribution is -2.54. The van der Waals surface area contributed by atoms with E-state index in [9.17, 15) is 0 Å². The summed E-state index contributed by atoms with van der Waals surface area (Å²) in [6.45, 7) is 9.90. The highest BCUT2D eigenvalue weighted by Gasteiger charge is 2.82. The zero-order valence-electron chi connectivity index (χ0n) is 20.2. The van der Waals surface area contributed by atoms with Crippen molar-refractivity contribution < 1.29 is 0 Å². The third-order valence-electron chi connectivity index (χ3n) is 9.98. The fourth-order valence-corrected chi connectivity index (χ4v) is 9.51. The van der Waals surface area contributed by atoms with Gasteiger partial charge in [-0.15, -0.1) is 0 Å². The van der Waals surface area contributed by atoms with Gasteiger partial charge in [-0.05, 0) is 52.6 Å². The molecule has 0 saturated heterocycles. The standard InChI is InChI=1S/C32H36/c1-5-20-30-23-14-8-10-16-25(23)31(21-6-2)27-18-12-13-19-28(27)32(22-7-3,29(30,31)4)26-17-11-9-15-24(26)30/h8-19H,5-7,20-22H2,1-4H3. The quantitative estimate of drug-likeness (QED) is 0.376. The number of benzene rings is 3. The summed E-state index contributed by atoms with van der Waals surface area (Å²) in [6.07, 6.45) is 7.30. The largest absolute Gasteiger partial charge is 0.0653 e. The Morgan fingerprint density at radius 1 is 0.438 bits per heavy atom. The summed E-state index contributed by atoms with van der Waals surface area (Å²) in [5.41, 5.74) is 10.0. The van der Waals surface area contributed by atoms with Crippen LogP contribution in [0.5, 0.6) is 0 Å². The zero-order valence-corrected chi connectivity index (χ0v) is 20.2. The van der Waals surface area contributed by atoms with Gasteiger partial charge in [0.1, 0.15) is 0 Å². The van der Waals surface area contributed by atoms with Crippen molar-refractivity contribution in [1.29, 1.82) is 0 Å². The summed E-state index contributed by atoms with van der Waals surface area (Å²) >= 11 is 0. The van der Waals surface area contributed by atoms with Gasteiger partial charge < -0.3 is 0 Å². The van der Waals surface area contributed by atoms with Crippen LogP contribution in [0.15, 0.2) is 72.8 Å². The van der Waals surface area contributed by atoms with Crippen LogP contribution in [0, 0.1) is 5.41 Å². The smallest absolute Gasteiger partial charge is 0.0286 e. The fraction of sp³-hybridized carbons (Fsp3) is 0.438. The molecule has 3 aromatic rings. The summed E-state index contributed by atoms with van der Waals surface area (Å²) in [5.74, 6) is 0. The normalized spacial score (nSPS) is 33.0. The van der Waals surface area contributed by atoms with Crippen molar-refractivity contribution in [3.63, 3.8) is 0 Å². The van der Waals surface area contributed by atoms with Crippen molar-refractivity contribution in [2.75, 3.05) is 0 Å². The van der Waals surface area contributed by atoms with E-state index in [1.807, 2.05) is 0 Å². The van der Waals surface area contributed by atoms with E-state index in [0.717, 1.165) is 0 Å². The molecule has 6 rings (SSSR count). The molecule has 0 unspecified atom stereocenters. The second-order valence-corrected chi connectivity index (χ2v) is 10.7. The Labute approximate surface area is 194 Å². The third kappa shape index (κ3) is 1.76. The lowest BCUT2D eigenvalue weighted by molar-refractivity contribution is 0.0540. The summed E-state index contributed by atoms with van der Waals surface area (Å²) in [4.78, 5) is 0. The van der Waals surface area contributed by atoms with E-state index in [-0.39, 0.29) is 21.7 Å². The van der Waals surface area contributed by atoms with E-state index in [4.69, 9.17) is 0 Å². The van der Waals surface area contributed by atoms with Gasteiger partial charge >= 0.3 is 0 Å². The zero-order chi connectivity index (χ0) is 22.2. The first-order valence-electron chi connectivity index (χ1n) is 12.9. The van der Waals surface area contributed by atoms with E-state index < -0.39 is 0 Å². The Morgan fingerprint density at radius 2 is 0.656 bits per heavy atom. The van der Waals surface area contributed by atoms with Gasteiger partial charge in [0.2, 0.25) is 0 Å². The highest BCUT2D eigenvalue weighted by molar-refractivity contribution is 5.77. The second-order valence-electron chi connectivity index (χ2n) is 10.7. The van der Waals surface area contributed by atoms with Crippen LogP contribution in [-0.4, -0.2) is 0 Å². The molecule has 164 valence electrons. The topological polar surface area (TPSA) is 0 Å². The van der Waals surface area contributed by atoms with Gasteiger partial charge in [0, 0.05) is 21.7 Å². The van der Waals surface area contributed by atoms with Crippen LogP contribution in [0.25, 0.3) is 0 Å². The molecule has 0 N–H and O–H groups in total. The van der Waals surface area contributed by atoms with Gasteiger partial charge in [0.25, 0.3) is 0 Å². The first-order chi connectivity index (χ1) is 15.6. The van der Waals surface area contributed by atoms with E-state index in [0.29, 0.717) is 0 Å². The van der Waals surface area contributed by atoms with Crippen LogP contribution in [0.4, 0.5) is 0 Å². The van der Waals surface area contributed by atoms with Crippen molar-refractivity contribution in [1.82, 2.24) is 0 Å². The molecule has 0 saturated carbocycles. The van der Waals surface area contributed by atoms with Gasteiger partial charge in [-0.1, -0.05) is 120 Å². The number of fused-ring (bicyclic) bond motifs is 9. The van der Waals surface area contributed by atoms with Crippen molar-refractivity contribution in [2.45, 2.75) is 82.5 Å². The molecule has 32 heavy (non-hydrogen) atoms. The molecule has 0 heteroatoms. The Balaban J connectivity index is 1.90. The molecule has 3 aliphatic rings. The number of hydrogen-bond donors (Lipinski definition) is 0. The summed E-state index contributed by atoms with van der Waals surface area (Å²) in [7, 11) is 0. The first kappa shape index (κ1) is 20.3. The van der Waals surface area contributed by atoms with Crippen LogP contribution < -0.4 is 0 Å². The van der Waals surface area contributed by atoms with E-state index in [1.165, 1.54) is 38.5 Å². The van der Waals surface area contributed by atoms with Gasteiger partial charge in [-0.3, -0.25) is 0 Å². The molecule has 0 aromatic heterocycles. The maximum Gasteiger partial charge on any atom is 0.0286 e. The molecule has 0 nitrogen and oxygen atoms in total. The average Bonchev–Trinajstić information content (AvgIpc) is 3.23. The maximum atomic E-state index is 2.72. The summed E-state index contributed by atoms with van der Waals surface area (Å²) < 4.78 is 0. The Morgan fingerprint density at radius 3 is 0.844 bits per heavy atom. The predicted octanol–water partition coefficient (Wildman–Crippen LogP) is 8.29. The average molecular weight is 421 g/mol. The van der Waals surface area contributed by atoms with E-state index in [1.54, 1.807) is 33.4 Å². The minimum atomic E-state index is 0.0678. The van der Waals surface area contributed by atoms with Crippen LogP contribution in [0.1, 0.15) is 99.6 Å². The number of hydrogen-bond acceptors (Lipinski definition) is 0. The molecule has 0 amide bonds. The molecule has 0 fully saturated rings. The molecule has 3 aromatic carbocycles. The molecule has 0 heterocycles. The Kier molecular flexibility index (Phi) is 4.18. The van der Waals surface area contributed by atoms with E-state index >= 15 is 0 Å². The van der Waals surface area contributed by atoms with Gasteiger partial charge in [-0.25, -0.2) is 0 Å². The van der Waals surface area contributed by atoms with Crippen molar-refractivity contribution in [2.24, 2.45) is 5.41 Å². The van der Waals surface area contributed by atoms with E-state index in [2.05, 4.69) is 100 Å². The van der Waals surface area contributed by atoms with Crippen molar-refractivity contribution in [3.8, 4) is 0 Å². The lowest BCUT2D eigenvalue weighted by atomic mass is 9.48. The van der Waals surface area contributed by atoms with Gasteiger partial charge in [0.05, 0.1) is 0 Å². The summed E-state index contributed by atoms with van der Waals surface area (Å²) in [6, 6.07) is 28.8. The summed E-state index contributed by atoms with van der Waals surface area (Å²) in [5, 5.41) is 0. The van der Waals surface area contributed by atoms with Crippen LogP contribution in [0.3, 0.4) is 0 Å². The van der Waals surface area contributed by atoms with Crippen molar-refractivity contribution in [3.05, 3.63) is 106 Å². The second kappa shape index (κ2) is 6.60. The highest BCUT2D eigenvalue weighted by Crippen LogP contribution is 2.84. The van der Waals surface area contributed by atoms with Crippen LogP contribution in [-0.2, 0) is 16.2 Å². The molecule has 0 bridgehead atoms. The molecular weight excluding hydrogens is 384 g/mol. The molecule has 0 spiro atoms. The lowest BCUT2D eigenvalue weighted by Gasteiger charge is -2.53. The predicted molar refractivity (Wildman–Crippen MR) is 134 cm³/mol. The molecule has 0 atom stereocenters. The fourth-order valence-electron chi connectivity index (χ4n) is 9.51. The van der Waals surface area contributed by atoms with Gasteiger partial charge in [-0.2, -0.15) is 0 Å². The Bertz CT molecular complexity index is 978. The monoisotopic (exact) mass is 420 g/mol. The van der Waals surface area contributed by atoms with Crippen LogP contribution >= 0.6 is 0 Å². The third-order valence-corrected chi connectivity index (χ3v) is 9.98. The molecular formula is C32H36. The van der Waals surface area contributed by atoms with Gasteiger partial charge in [0.15, 0.2) is 0 Å². The van der Waals surface area contributed by atoms with Crippen molar-refractivity contribution >= 4 is 0 Å². The molecule has 0 radical (unpaired) electrons. The van der Waals surface area contributed by atoms with Crippen LogP contribution in [0.2, 0.25) is 0 Å². The minimum absolute atomic E-state index is 0.0678. The number of rotatable bonds is 6. The minimum Gasteiger partial charge on any atom is -0.0653 e. The molecule has 3 aliphatic carbocycles.